The number of rotatable bonds is 7. The van der Waals surface area contributed by atoms with Crippen molar-refractivity contribution in [1.29, 1.82) is 0 Å². The lowest BCUT2D eigenvalue weighted by atomic mass is 9.95. The highest BCUT2D eigenvalue weighted by molar-refractivity contribution is 6.46. The highest BCUT2D eigenvalue weighted by Gasteiger charge is 2.47. The molecule has 2 aromatic heterocycles. The summed E-state index contributed by atoms with van der Waals surface area (Å²) in [6, 6.07) is 12.0. The van der Waals surface area contributed by atoms with Crippen molar-refractivity contribution < 1.29 is 24.2 Å². The van der Waals surface area contributed by atoms with E-state index < -0.39 is 17.7 Å². The molecule has 188 valence electrons. The van der Waals surface area contributed by atoms with Crippen LogP contribution in [0.3, 0.4) is 0 Å². The molecule has 36 heavy (non-hydrogen) atoms. The summed E-state index contributed by atoms with van der Waals surface area (Å²) >= 11 is 0. The van der Waals surface area contributed by atoms with Gasteiger partial charge in [-0.25, -0.2) is 4.98 Å². The summed E-state index contributed by atoms with van der Waals surface area (Å²) in [7, 11) is 1.55. The van der Waals surface area contributed by atoms with E-state index in [1.165, 1.54) is 0 Å². The van der Waals surface area contributed by atoms with Crippen LogP contribution < -0.4 is 4.74 Å². The number of aromatic nitrogens is 2. The Kier molecular flexibility index (Phi) is 6.75. The summed E-state index contributed by atoms with van der Waals surface area (Å²) in [5.74, 6) is -1.03. The van der Waals surface area contributed by atoms with E-state index in [1.807, 2.05) is 36.4 Å². The number of amides is 1. The van der Waals surface area contributed by atoms with Crippen LogP contribution in [0.1, 0.15) is 29.4 Å². The molecule has 3 aromatic rings. The standard InChI is InChI=1S/C27H30N4O5/c1-18-23(30-12-6-5-10-21(30)28-18)25(32)22-24(19-8-3-4-9-20(19)35-2)31(27(34)26(22)33)13-7-11-29-14-16-36-17-15-29/h3-6,8-10,12,24,32H,7,11,13-17H2,1-2H3/b25-22+/t24-/m0/s1. The molecule has 0 unspecified atom stereocenters. The Morgan fingerprint density at radius 1 is 1.11 bits per heavy atom. The van der Waals surface area contributed by atoms with Gasteiger partial charge in [0.05, 0.1) is 37.6 Å². The minimum atomic E-state index is -0.778. The van der Waals surface area contributed by atoms with Crippen molar-refractivity contribution in [2.24, 2.45) is 0 Å². The molecule has 2 fully saturated rings. The minimum Gasteiger partial charge on any atom is -0.505 e. The van der Waals surface area contributed by atoms with Crippen LogP contribution in [0.2, 0.25) is 0 Å². The maximum absolute atomic E-state index is 13.4. The summed E-state index contributed by atoms with van der Waals surface area (Å²) in [5, 5.41) is 11.6. The van der Waals surface area contributed by atoms with Gasteiger partial charge in [-0.1, -0.05) is 24.3 Å². The number of aliphatic hydroxyl groups excluding tert-OH is 1. The molecule has 2 saturated heterocycles. The van der Waals surface area contributed by atoms with Crippen molar-refractivity contribution in [1.82, 2.24) is 19.2 Å². The first-order chi connectivity index (χ1) is 17.5. The number of para-hydroxylation sites is 1. The van der Waals surface area contributed by atoms with E-state index in [2.05, 4.69) is 9.88 Å². The second-order valence-corrected chi connectivity index (χ2v) is 9.02. The lowest BCUT2D eigenvalue weighted by Gasteiger charge is -2.29. The Hall–Kier alpha value is -3.69. The molecular weight excluding hydrogens is 460 g/mol. The largest absolute Gasteiger partial charge is 0.505 e. The molecule has 1 atom stereocenters. The fourth-order valence-electron chi connectivity index (χ4n) is 5.14. The van der Waals surface area contributed by atoms with Crippen LogP contribution in [0.15, 0.2) is 54.2 Å². The topological polar surface area (TPSA) is 96.6 Å². The summed E-state index contributed by atoms with van der Waals surface area (Å²) in [4.78, 5) is 35.2. The number of aliphatic hydroxyl groups is 1. The number of ether oxygens (including phenoxy) is 2. The molecule has 9 heteroatoms. The smallest absolute Gasteiger partial charge is 0.295 e. The summed E-state index contributed by atoms with van der Waals surface area (Å²) in [6.07, 6.45) is 2.47. The van der Waals surface area contributed by atoms with E-state index in [0.717, 1.165) is 19.6 Å². The number of imidazole rings is 1. The van der Waals surface area contributed by atoms with Crippen molar-refractivity contribution in [2.45, 2.75) is 19.4 Å². The molecule has 9 nitrogen and oxygen atoms in total. The number of carbonyl (C=O) groups excluding carboxylic acids is 2. The molecule has 2 aliphatic heterocycles. The number of fused-ring (bicyclic) bond motifs is 1. The van der Waals surface area contributed by atoms with Gasteiger partial charge in [0.25, 0.3) is 11.7 Å². The number of hydrogen-bond donors (Lipinski definition) is 1. The van der Waals surface area contributed by atoms with Gasteiger partial charge in [0.1, 0.15) is 17.1 Å². The van der Waals surface area contributed by atoms with Gasteiger partial charge in [0.2, 0.25) is 0 Å². The Morgan fingerprint density at radius 3 is 2.64 bits per heavy atom. The van der Waals surface area contributed by atoms with E-state index in [4.69, 9.17) is 9.47 Å². The number of aryl methyl sites for hydroxylation is 1. The number of morpholine rings is 1. The molecule has 1 aromatic carbocycles. The van der Waals surface area contributed by atoms with E-state index >= 15 is 0 Å². The van der Waals surface area contributed by atoms with Gasteiger partial charge in [-0.05, 0) is 31.5 Å². The normalized spacial score (nSPS) is 20.4. The van der Waals surface area contributed by atoms with Crippen molar-refractivity contribution in [3.05, 3.63) is 71.2 Å². The molecule has 0 saturated carbocycles. The number of hydrogen-bond acceptors (Lipinski definition) is 7. The molecule has 1 N–H and O–H groups in total. The Labute approximate surface area is 209 Å². The Morgan fingerprint density at radius 2 is 1.86 bits per heavy atom. The van der Waals surface area contributed by atoms with E-state index in [1.54, 1.807) is 35.6 Å². The number of methoxy groups -OCH3 is 1. The molecular formula is C27H30N4O5. The van der Waals surface area contributed by atoms with Gasteiger partial charge in [-0.3, -0.25) is 18.9 Å². The fraction of sp³-hybridized carbons (Fsp3) is 0.370. The first-order valence-electron chi connectivity index (χ1n) is 12.2. The van der Waals surface area contributed by atoms with Gasteiger partial charge in [0, 0.05) is 37.9 Å². The minimum absolute atomic E-state index is 0.0459. The molecule has 5 rings (SSSR count). The predicted molar refractivity (Wildman–Crippen MR) is 134 cm³/mol. The number of likely N-dealkylation sites (tertiary alicyclic amines) is 1. The molecule has 4 heterocycles. The first-order valence-corrected chi connectivity index (χ1v) is 12.2. The van der Waals surface area contributed by atoms with Crippen molar-refractivity contribution in [3.8, 4) is 5.75 Å². The van der Waals surface area contributed by atoms with Crippen molar-refractivity contribution in [2.75, 3.05) is 46.5 Å². The highest BCUT2D eigenvalue weighted by atomic mass is 16.5. The fourth-order valence-corrected chi connectivity index (χ4v) is 5.14. The SMILES string of the molecule is COc1ccccc1[C@H]1/C(=C(\O)c2c(C)nc3ccccn23)C(=O)C(=O)N1CCCN1CCOCC1. The van der Waals surface area contributed by atoms with Gasteiger partial charge in [-0.15, -0.1) is 0 Å². The molecule has 0 bridgehead atoms. The average molecular weight is 491 g/mol. The van der Waals surface area contributed by atoms with Crippen LogP contribution in [-0.4, -0.2) is 82.5 Å². The second kappa shape index (κ2) is 10.1. The maximum atomic E-state index is 13.4. The maximum Gasteiger partial charge on any atom is 0.295 e. The highest BCUT2D eigenvalue weighted by Crippen LogP contribution is 2.43. The molecule has 2 aliphatic rings. The summed E-state index contributed by atoms with van der Waals surface area (Å²) < 4.78 is 12.7. The van der Waals surface area contributed by atoms with Crippen LogP contribution in [-0.2, 0) is 14.3 Å². The predicted octanol–water partition coefficient (Wildman–Crippen LogP) is 2.80. The van der Waals surface area contributed by atoms with Gasteiger partial charge < -0.3 is 19.5 Å². The molecule has 1 amide bonds. The Bertz CT molecular complexity index is 1320. The first kappa shape index (κ1) is 24.0. The van der Waals surface area contributed by atoms with Crippen LogP contribution in [0.4, 0.5) is 0 Å². The molecule has 0 spiro atoms. The summed E-state index contributed by atoms with van der Waals surface area (Å²) in [5.41, 5.74) is 2.31. The van der Waals surface area contributed by atoms with Gasteiger partial charge in [0.15, 0.2) is 5.76 Å². The molecule has 0 aliphatic carbocycles. The van der Waals surface area contributed by atoms with Crippen molar-refractivity contribution in [3.63, 3.8) is 0 Å². The van der Waals surface area contributed by atoms with E-state index in [-0.39, 0.29) is 11.3 Å². The lowest BCUT2D eigenvalue weighted by molar-refractivity contribution is -0.140. The zero-order valence-corrected chi connectivity index (χ0v) is 20.5. The number of benzene rings is 1. The van der Waals surface area contributed by atoms with Gasteiger partial charge >= 0.3 is 0 Å². The van der Waals surface area contributed by atoms with Crippen LogP contribution in [0.25, 0.3) is 11.4 Å². The zero-order chi connectivity index (χ0) is 25.2. The molecule has 0 radical (unpaired) electrons. The third kappa shape index (κ3) is 4.25. The third-order valence-corrected chi connectivity index (χ3v) is 6.88. The van der Waals surface area contributed by atoms with Crippen LogP contribution in [0.5, 0.6) is 5.75 Å². The third-order valence-electron chi connectivity index (χ3n) is 6.88. The van der Waals surface area contributed by atoms with Crippen LogP contribution >= 0.6 is 0 Å². The Balaban J connectivity index is 1.58. The summed E-state index contributed by atoms with van der Waals surface area (Å²) in [6.45, 7) is 6.03. The van der Waals surface area contributed by atoms with Crippen molar-refractivity contribution >= 4 is 23.1 Å². The quantitative estimate of drug-likeness (QED) is 0.309. The number of ketones is 1. The monoisotopic (exact) mass is 490 g/mol. The van der Waals surface area contributed by atoms with Gasteiger partial charge in [-0.2, -0.15) is 0 Å². The number of pyridine rings is 1. The number of carbonyl (C=O) groups is 2. The zero-order valence-electron chi connectivity index (χ0n) is 20.5. The lowest BCUT2D eigenvalue weighted by Crippen LogP contribution is -2.39. The number of Topliss-reactive ketones (excluding diaryl/α,β-unsaturated/α-hetero) is 1. The number of nitrogens with zero attached hydrogens (tertiary/aromatic N) is 4. The van der Waals surface area contributed by atoms with Crippen LogP contribution in [0, 0.1) is 6.92 Å². The average Bonchev–Trinajstić information content (AvgIpc) is 3.37. The van der Waals surface area contributed by atoms with E-state index in [0.29, 0.717) is 54.5 Å². The van der Waals surface area contributed by atoms with E-state index in [9.17, 15) is 14.7 Å². The second-order valence-electron chi connectivity index (χ2n) is 9.02.